The van der Waals surface area contributed by atoms with Crippen LogP contribution in [-0.2, 0) is 4.65 Å². The first-order chi connectivity index (χ1) is 3.39. The molecule has 0 bridgehead atoms. The molecule has 0 atom stereocenters. The largest absolute Gasteiger partial charge is 0.422 e. The van der Waals surface area contributed by atoms with Gasteiger partial charge >= 0.3 is 7.05 Å². The fourth-order valence-corrected chi connectivity index (χ4v) is 0.766. The summed E-state index contributed by atoms with van der Waals surface area (Å²) < 4.78 is 5.06. The molecule has 3 radical (unpaired) electrons. The third-order valence-electron chi connectivity index (χ3n) is 1.21. The van der Waals surface area contributed by atoms with Crippen LogP contribution >= 0.6 is 0 Å². The first-order valence-electron chi connectivity index (χ1n) is 2.77. The number of rotatable bonds is 0. The van der Waals surface area contributed by atoms with Crippen LogP contribution in [0.2, 0.25) is 6.32 Å². The first kappa shape index (κ1) is 8.05. The molecule has 1 aliphatic heterocycles. The molecule has 2 N–H and O–H groups in total. The minimum atomic E-state index is 0. The Morgan fingerprint density at radius 3 is 2.38 bits per heavy atom. The van der Waals surface area contributed by atoms with Crippen LogP contribution in [0.5, 0.6) is 0 Å². The van der Waals surface area contributed by atoms with Gasteiger partial charge in [-0.15, -0.1) is 0 Å². The van der Waals surface area contributed by atoms with Crippen LogP contribution in [-0.4, -0.2) is 22.1 Å². The van der Waals surface area contributed by atoms with E-state index >= 15 is 0 Å². The molecule has 4 heteroatoms. The predicted octanol–water partition coefficient (Wildman–Crippen LogP) is -0.137. The lowest BCUT2D eigenvalue weighted by Crippen LogP contribution is -2.32. The fraction of sp³-hybridized carbons (Fsp3) is 1.00. The van der Waals surface area contributed by atoms with Gasteiger partial charge in [-0.25, -0.2) is 0 Å². The van der Waals surface area contributed by atoms with Crippen LogP contribution in [0.3, 0.4) is 0 Å². The predicted molar refractivity (Wildman–Crippen MR) is 35.7 cm³/mol. The molecule has 0 amide bonds. The number of hydrogen-bond acceptors (Lipinski definition) is 2. The van der Waals surface area contributed by atoms with Crippen molar-refractivity contribution in [2.45, 2.75) is 19.2 Å². The quantitative estimate of drug-likeness (QED) is 0.440. The van der Waals surface area contributed by atoms with Gasteiger partial charge in [0.15, 0.2) is 0 Å². The second-order valence-corrected chi connectivity index (χ2v) is 1.91. The van der Waals surface area contributed by atoms with E-state index in [4.69, 9.17) is 10.3 Å². The Labute approximate surface area is 52.5 Å². The molecule has 0 aromatic carbocycles. The molecule has 0 spiro atoms. The van der Waals surface area contributed by atoms with E-state index in [-0.39, 0.29) is 15.5 Å². The maximum Gasteiger partial charge on any atom is 0.376 e. The Hall–Kier alpha value is 0.0499. The van der Waals surface area contributed by atoms with Gasteiger partial charge in [0.1, 0.15) is 0 Å². The smallest absolute Gasteiger partial charge is 0.376 e. The van der Waals surface area contributed by atoms with Crippen LogP contribution in [0.1, 0.15) is 12.8 Å². The number of nitrogens with two attached hydrogens (primary N) is 1. The van der Waals surface area contributed by atoms with Crippen LogP contribution in [0.25, 0.3) is 0 Å². The molecular weight excluding hydrogens is 99.7 g/mol. The minimum Gasteiger partial charge on any atom is -0.422 e. The molecule has 1 heterocycles. The van der Waals surface area contributed by atoms with Crippen molar-refractivity contribution >= 4 is 15.5 Å². The lowest BCUT2D eigenvalue weighted by molar-refractivity contribution is 0.287. The van der Waals surface area contributed by atoms with E-state index in [0.29, 0.717) is 0 Å². The van der Waals surface area contributed by atoms with Crippen molar-refractivity contribution in [3.05, 3.63) is 0 Å². The van der Waals surface area contributed by atoms with Crippen LogP contribution in [0, 0.1) is 0 Å². The van der Waals surface area contributed by atoms with Crippen molar-refractivity contribution in [3.63, 3.8) is 0 Å². The molecular formula is C4H10B2NO. The summed E-state index contributed by atoms with van der Waals surface area (Å²) in [5.41, 5.74) is 5.41. The van der Waals surface area contributed by atoms with E-state index in [0.717, 1.165) is 12.9 Å². The van der Waals surface area contributed by atoms with Crippen molar-refractivity contribution in [2.24, 2.45) is 5.64 Å². The Kier molecular flexibility index (Phi) is 4.01. The Morgan fingerprint density at radius 2 is 2.12 bits per heavy atom. The molecule has 0 saturated carbocycles. The Bertz CT molecular complexity index is 56.0. The van der Waals surface area contributed by atoms with Crippen molar-refractivity contribution in [2.75, 3.05) is 6.61 Å². The van der Waals surface area contributed by atoms with E-state index in [9.17, 15) is 0 Å². The van der Waals surface area contributed by atoms with Gasteiger partial charge in [0.2, 0.25) is 0 Å². The third-order valence-corrected chi connectivity index (χ3v) is 1.21. The van der Waals surface area contributed by atoms with Crippen LogP contribution in [0.15, 0.2) is 0 Å². The van der Waals surface area contributed by atoms with Crippen molar-refractivity contribution < 1.29 is 4.65 Å². The molecule has 1 rings (SSSR count). The topological polar surface area (TPSA) is 35.2 Å². The SMILES string of the molecule is NB1CCCCO1.[B]. The van der Waals surface area contributed by atoms with Gasteiger partial charge in [0.25, 0.3) is 0 Å². The fourth-order valence-electron chi connectivity index (χ4n) is 0.766. The minimum absolute atomic E-state index is 0. The number of hydrogen-bond donors (Lipinski definition) is 1. The monoisotopic (exact) mass is 110 g/mol. The molecule has 2 nitrogen and oxygen atoms in total. The summed E-state index contributed by atoms with van der Waals surface area (Å²) in [6.07, 6.45) is 3.47. The molecule has 0 aromatic heterocycles. The van der Waals surface area contributed by atoms with Crippen LogP contribution in [0.4, 0.5) is 0 Å². The molecule has 0 aromatic rings. The van der Waals surface area contributed by atoms with Gasteiger partial charge in [0, 0.05) is 15.0 Å². The zero-order valence-corrected chi connectivity index (χ0v) is 4.97. The zero-order valence-electron chi connectivity index (χ0n) is 4.97. The summed E-state index contributed by atoms with van der Waals surface area (Å²) in [6.45, 7) is 0.862. The highest BCUT2D eigenvalue weighted by Crippen LogP contribution is 2.05. The van der Waals surface area contributed by atoms with Gasteiger partial charge in [0.05, 0.1) is 0 Å². The average molecular weight is 110 g/mol. The maximum atomic E-state index is 5.41. The summed E-state index contributed by atoms with van der Waals surface area (Å²) in [6, 6.07) is 0. The zero-order chi connectivity index (χ0) is 5.11. The van der Waals surface area contributed by atoms with Crippen molar-refractivity contribution in [1.82, 2.24) is 0 Å². The van der Waals surface area contributed by atoms with Gasteiger partial charge in [-0.2, -0.15) is 0 Å². The second-order valence-electron chi connectivity index (χ2n) is 1.91. The van der Waals surface area contributed by atoms with E-state index in [1.54, 1.807) is 0 Å². The van der Waals surface area contributed by atoms with Gasteiger partial charge < -0.3 is 10.3 Å². The van der Waals surface area contributed by atoms with E-state index < -0.39 is 0 Å². The first-order valence-corrected chi connectivity index (χ1v) is 2.77. The Morgan fingerprint density at radius 1 is 1.38 bits per heavy atom. The Balaban J connectivity index is 0.000000490. The lowest BCUT2D eigenvalue weighted by atomic mass is 9.76. The normalized spacial score (nSPS) is 19.9. The average Bonchev–Trinajstić information content (AvgIpc) is 1.69. The van der Waals surface area contributed by atoms with E-state index in [2.05, 4.69) is 0 Å². The maximum absolute atomic E-state index is 5.41. The van der Waals surface area contributed by atoms with Gasteiger partial charge in [-0.3, -0.25) is 0 Å². The van der Waals surface area contributed by atoms with Gasteiger partial charge in [-0.05, 0) is 12.7 Å². The molecule has 0 aliphatic carbocycles. The summed E-state index contributed by atoms with van der Waals surface area (Å²) in [4.78, 5) is 0. The highest BCUT2D eigenvalue weighted by atomic mass is 16.4. The van der Waals surface area contributed by atoms with Crippen molar-refractivity contribution in [1.29, 1.82) is 0 Å². The lowest BCUT2D eigenvalue weighted by Gasteiger charge is -2.13. The van der Waals surface area contributed by atoms with Crippen LogP contribution < -0.4 is 5.64 Å². The summed E-state index contributed by atoms with van der Waals surface area (Å²) >= 11 is 0. The highest BCUT2D eigenvalue weighted by Gasteiger charge is 2.12. The van der Waals surface area contributed by atoms with Crippen molar-refractivity contribution in [3.8, 4) is 0 Å². The summed E-state index contributed by atoms with van der Waals surface area (Å²) in [5, 5.41) is 0. The molecule has 0 unspecified atom stereocenters. The molecule has 43 valence electrons. The summed E-state index contributed by atoms with van der Waals surface area (Å²) in [7, 11) is 0.0359. The van der Waals surface area contributed by atoms with Gasteiger partial charge in [-0.1, -0.05) is 6.42 Å². The van der Waals surface area contributed by atoms with E-state index in [1.165, 1.54) is 12.8 Å². The third kappa shape index (κ3) is 2.38. The molecule has 1 aliphatic rings. The second kappa shape index (κ2) is 3.98. The highest BCUT2D eigenvalue weighted by molar-refractivity contribution is 6.48. The molecule has 1 fully saturated rings. The van der Waals surface area contributed by atoms with E-state index in [1.807, 2.05) is 0 Å². The summed E-state index contributed by atoms with van der Waals surface area (Å²) in [5.74, 6) is 0. The molecule has 8 heavy (non-hydrogen) atoms. The molecule has 1 saturated heterocycles. The standard InChI is InChI=1S/C4H10BNO.B/c6-5-3-1-2-4-7-5;/h1-4,6H2;.